The second-order valence-corrected chi connectivity index (χ2v) is 9.75. The molecule has 3 aromatic rings. The molecule has 1 aliphatic rings. The Kier molecular flexibility index (Phi) is 5.97. The van der Waals surface area contributed by atoms with Gasteiger partial charge in [-0.3, -0.25) is 14.5 Å². The predicted octanol–water partition coefficient (Wildman–Crippen LogP) is 4.30. The van der Waals surface area contributed by atoms with E-state index in [1.807, 2.05) is 0 Å². The number of aliphatic hydroxyl groups excluding tert-OH is 1. The maximum atomic E-state index is 13.5. The first-order chi connectivity index (χ1) is 15.7. The number of nitrogens with zero attached hydrogens (tertiary/aromatic N) is 1. The van der Waals surface area contributed by atoms with Gasteiger partial charge in [0.1, 0.15) is 10.9 Å². The zero-order valence-corrected chi connectivity index (χ0v) is 18.6. The lowest BCUT2D eigenvalue weighted by Gasteiger charge is -2.27. The number of hydrogen-bond acceptors (Lipinski definition) is 5. The van der Waals surface area contributed by atoms with E-state index in [4.69, 9.17) is 16.7 Å². The summed E-state index contributed by atoms with van der Waals surface area (Å²) in [5, 5.41) is 20.2. The fraction of sp³-hybridized carbons (Fsp3) is 0.0833. The minimum absolute atomic E-state index is 0.0584. The number of hydrogen-bond donors (Lipinski definition) is 2. The quantitative estimate of drug-likeness (QED) is 0.540. The highest BCUT2D eigenvalue weighted by Gasteiger charge is 2.47. The standard InChI is InChI=1S/C24H18ClNO6S/c25-17-10-8-16(9-11-17)21-23(33(31,32)19-4-2-1-3-5-19)22(29)24(30)26(21)18-12-6-15(7-13-18)14-20(27)28/h1-13,21,29H,14H2,(H,27,28)/t21-/m0/s1. The third kappa shape index (κ3) is 4.22. The number of halogens is 1. The Morgan fingerprint density at radius 3 is 2.12 bits per heavy atom. The van der Waals surface area contributed by atoms with Crippen molar-refractivity contribution in [2.75, 3.05) is 4.90 Å². The number of aliphatic carboxylic acids is 1. The van der Waals surface area contributed by atoms with E-state index in [0.29, 0.717) is 21.8 Å². The number of carboxylic acid groups (broad SMARTS) is 1. The van der Waals surface area contributed by atoms with Gasteiger partial charge in [-0.05, 0) is 47.5 Å². The van der Waals surface area contributed by atoms with E-state index >= 15 is 0 Å². The van der Waals surface area contributed by atoms with Gasteiger partial charge in [0.2, 0.25) is 9.84 Å². The van der Waals surface area contributed by atoms with Crippen molar-refractivity contribution in [2.45, 2.75) is 17.4 Å². The van der Waals surface area contributed by atoms with E-state index in [2.05, 4.69) is 0 Å². The van der Waals surface area contributed by atoms with Gasteiger partial charge in [0, 0.05) is 10.7 Å². The number of amides is 1. The number of aliphatic hydroxyl groups is 1. The number of carboxylic acids is 1. The smallest absolute Gasteiger partial charge is 0.307 e. The SMILES string of the molecule is O=C(O)Cc1ccc(N2C(=O)C(O)=C(S(=O)(=O)c3ccccc3)[C@@H]2c2ccc(Cl)cc2)cc1. The average Bonchev–Trinajstić information content (AvgIpc) is 3.06. The molecule has 0 aromatic heterocycles. The maximum absolute atomic E-state index is 13.5. The van der Waals surface area contributed by atoms with Crippen LogP contribution in [0.15, 0.2) is 94.4 Å². The molecule has 3 aromatic carbocycles. The zero-order valence-electron chi connectivity index (χ0n) is 17.1. The van der Waals surface area contributed by atoms with Crippen LogP contribution >= 0.6 is 11.6 Å². The lowest BCUT2D eigenvalue weighted by Crippen LogP contribution is -2.31. The second-order valence-electron chi connectivity index (χ2n) is 7.40. The number of carbonyl (C=O) groups excluding carboxylic acids is 1. The maximum Gasteiger partial charge on any atom is 0.307 e. The Bertz CT molecular complexity index is 1350. The van der Waals surface area contributed by atoms with Gasteiger partial charge in [0.15, 0.2) is 5.76 Å². The Morgan fingerprint density at radius 1 is 0.939 bits per heavy atom. The Balaban J connectivity index is 1.87. The third-order valence-corrected chi connectivity index (χ3v) is 7.40. The summed E-state index contributed by atoms with van der Waals surface area (Å²) in [7, 11) is -4.24. The summed E-state index contributed by atoms with van der Waals surface area (Å²) < 4.78 is 27.0. The first-order valence-electron chi connectivity index (χ1n) is 9.83. The van der Waals surface area contributed by atoms with Gasteiger partial charge < -0.3 is 10.2 Å². The minimum atomic E-state index is -4.24. The van der Waals surface area contributed by atoms with Gasteiger partial charge >= 0.3 is 5.97 Å². The minimum Gasteiger partial charge on any atom is -0.502 e. The number of carbonyl (C=O) groups is 2. The fourth-order valence-corrected chi connectivity index (χ4v) is 5.52. The molecule has 1 amide bonds. The van der Waals surface area contributed by atoms with E-state index in [1.165, 1.54) is 41.3 Å². The lowest BCUT2D eigenvalue weighted by atomic mass is 10.1. The monoisotopic (exact) mass is 483 g/mol. The normalized spacial score (nSPS) is 16.3. The summed E-state index contributed by atoms with van der Waals surface area (Å²) in [6.07, 6.45) is -0.202. The Morgan fingerprint density at radius 2 is 1.55 bits per heavy atom. The first-order valence-corrected chi connectivity index (χ1v) is 11.7. The summed E-state index contributed by atoms with van der Waals surface area (Å²) in [6, 6.07) is 18.8. The van der Waals surface area contributed by atoms with Crippen molar-refractivity contribution in [3.8, 4) is 0 Å². The Hall–Kier alpha value is -3.62. The molecular weight excluding hydrogens is 466 g/mol. The van der Waals surface area contributed by atoms with Crippen molar-refractivity contribution < 1.29 is 28.2 Å². The van der Waals surface area contributed by atoms with Crippen LogP contribution in [0, 0.1) is 0 Å². The molecule has 0 aliphatic carbocycles. The van der Waals surface area contributed by atoms with Crippen molar-refractivity contribution in [3.05, 3.63) is 106 Å². The molecule has 0 saturated carbocycles. The molecular formula is C24H18ClNO6S. The molecule has 0 unspecified atom stereocenters. The fourth-order valence-electron chi connectivity index (χ4n) is 3.75. The third-order valence-electron chi connectivity index (χ3n) is 5.26. The van der Waals surface area contributed by atoms with Crippen molar-refractivity contribution in [1.82, 2.24) is 0 Å². The number of anilines is 1. The van der Waals surface area contributed by atoms with Crippen LogP contribution in [0.4, 0.5) is 5.69 Å². The second kappa shape index (κ2) is 8.73. The summed E-state index contributed by atoms with van der Waals surface area (Å²) in [5.74, 6) is -2.75. The molecule has 168 valence electrons. The van der Waals surface area contributed by atoms with Crippen LogP contribution < -0.4 is 4.90 Å². The van der Waals surface area contributed by atoms with E-state index in [-0.39, 0.29) is 11.3 Å². The molecule has 0 fully saturated rings. The Labute approximate surface area is 195 Å². The molecule has 4 rings (SSSR count). The highest BCUT2D eigenvalue weighted by molar-refractivity contribution is 7.95. The van der Waals surface area contributed by atoms with Gasteiger partial charge in [-0.15, -0.1) is 0 Å². The van der Waals surface area contributed by atoms with Crippen LogP contribution in [0.5, 0.6) is 0 Å². The lowest BCUT2D eigenvalue weighted by molar-refractivity contribution is -0.136. The van der Waals surface area contributed by atoms with Crippen LogP contribution in [0.3, 0.4) is 0 Å². The predicted molar refractivity (Wildman–Crippen MR) is 123 cm³/mol. The number of sulfone groups is 1. The van der Waals surface area contributed by atoms with Crippen molar-refractivity contribution in [3.63, 3.8) is 0 Å². The van der Waals surface area contributed by atoms with Gasteiger partial charge in [-0.25, -0.2) is 8.42 Å². The van der Waals surface area contributed by atoms with Crippen molar-refractivity contribution in [2.24, 2.45) is 0 Å². The van der Waals surface area contributed by atoms with Gasteiger partial charge in [0.25, 0.3) is 5.91 Å². The van der Waals surface area contributed by atoms with E-state index in [9.17, 15) is 23.1 Å². The van der Waals surface area contributed by atoms with Crippen LogP contribution in [-0.2, 0) is 25.8 Å². The molecule has 1 atom stereocenters. The molecule has 33 heavy (non-hydrogen) atoms. The van der Waals surface area contributed by atoms with Crippen LogP contribution in [0.25, 0.3) is 0 Å². The molecule has 0 radical (unpaired) electrons. The first kappa shape index (κ1) is 22.6. The van der Waals surface area contributed by atoms with Crippen LogP contribution in [-0.4, -0.2) is 30.5 Å². The zero-order chi connectivity index (χ0) is 23.8. The summed E-state index contributed by atoms with van der Waals surface area (Å²) >= 11 is 6.00. The summed E-state index contributed by atoms with van der Waals surface area (Å²) in [5.41, 5.74) is 1.25. The highest BCUT2D eigenvalue weighted by atomic mass is 35.5. The van der Waals surface area contributed by atoms with Gasteiger partial charge in [-0.2, -0.15) is 0 Å². The largest absolute Gasteiger partial charge is 0.502 e. The van der Waals surface area contributed by atoms with Crippen molar-refractivity contribution in [1.29, 1.82) is 0 Å². The van der Waals surface area contributed by atoms with Crippen LogP contribution in [0.2, 0.25) is 5.02 Å². The van der Waals surface area contributed by atoms with E-state index in [1.54, 1.807) is 42.5 Å². The molecule has 1 heterocycles. The summed E-state index contributed by atoms with van der Waals surface area (Å²) in [4.78, 5) is 24.8. The molecule has 0 saturated heterocycles. The van der Waals surface area contributed by atoms with Crippen LogP contribution in [0.1, 0.15) is 17.2 Å². The molecule has 1 aliphatic heterocycles. The highest BCUT2D eigenvalue weighted by Crippen LogP contribution is 2.44. The van der Waals surface area contributed by atoms with E-state index < -0.39 is 38.4 Å². The number of rotatable bonds is 6. The van der Waals surface area contributed by atoms with Gasteiger partial charge in [0.05, 0.1) is 11.3 Å². The van der Waals surface area contributed by atoms with E-state index in [0.717, 1.165) is 0 Å². The molecule has 7 nitrogen and oxygen atoms in total. The average molecular weight is 484 g/mol. The molecule has 0 spiro atoms. The van der Waals surface area contributed by atoms with Gasteiger partial charge in [-0.1, -0.05) is 54.1 Å². The van der Waals surface area contributed by atoms with Crippen molar-refractivity contribution >= 4 is 39.0 Å². The molecule has 2 N–H and O–H groups in total. The molecule has 9 heteroatoms. The number of benzene rings is 3. The molecule has 0 bridgehead atoms. The topological polar surface area (TPSA) is 112 Å². The summed E-state index contributed by atoms with van der Waals surface area (Å²) in [6.45, 7) is 0.